The number of benzene rings is 1. The van der Waals surface area contributed by atoms with Gasteiger partial charge in [0.05, 0.1) is 12.2 Å². The van der Waals surface area contributed by atoms with Crippen molar-refractivity contribution in [1.29, 1.82) is 0 Å². The van der Waals surface area contributed by atoms with Crippen molar-refractivity contribution in [2.45, 2.75) is 13.0 Å². The smallest absolute Gasteiger partial charge is 0.191 e. The van der Waals surface area contributed by atoms with Crippen molar-refractivity contribution in [2.75, 3.05) is 13.6 Å². The molecule has 0 saturated carbocycles. The molecule has 5 nitrogen and oxygen atoms in total. The predicted molar refractivity (Wildman–Crippen MR) is 102 cm³/mol. The molecule has 0 atom stereocenters. The highest BCUT2D eigenvalue weighted by molar-refractivity contribution is 14.0. The molecule has 0 aliphatic rings. The number of nitrogens with one attached hydrogen (secondary N) is 2. The first-order valence-corrected chi connectivity index (χ1v) is 7.33. The third-order valence-electron chi connectivity index (χ3n) is 3.28. The average Bonchev–Trinajstić information content (AvgIpc) is 2.90. The van der Waals surface area contributed by atoms with Gasteiger partial charge in [-0.25, -0.2) is 4.39 Å². The fourth-order valence-corrected chi connectivity index (χ4v) is 2.27. The van der Waals surface area contributed by atoms with E-state index in [9.17, 15) is 4.39 Å². The number of nitrogens with zero attached hydrogens (tertiary/aromatic N) is 3. The van der Waals surface area contributed by atoms with Crippen molar-refractivity contribution < 1.29 is 4.39 Å². The van der Waals surface area contributed by atoms with E-state index in [1.54, 1.807) is 24.0 Å². The largest absolute Gasteiger partial charge is 0.356 e. The molecule has 126 valence electrons. The van der Waals surface area contributed by atoms with Gasteiger partial charge in [0.25, 0.3) is 0 Å². The van der Waals surface area contributed by atoms with Crippen molar-refractivity contribution in [2.24, 2.45) is 12.0 Å². The van der Waals surface area contributed by atoms with Crippen LogP contribution in [0.1, 0.15) is 11.3 Å². The number of hydrogen-bond donors (Lipinski definition) is 2. The van der Waals surface area contributed by atoms with Gasteiger partial charge in [-0.05, 0) is 30.2 Å². The fraction of sp³-hybridized carbons (Fsp3) is 0.333. The topological polar surface area (TPSA) is 54.2 Å². The molecule has 0 spiro atoms. The van der Waals surface area contributed by atoms with Crippen LogP contribution in [0, 0.1) is 5.82 Å². The number of rotatable bonds is 5. The maximum Gasteiger partial charge on any atom is 0.191 e. The predicted octanol–water partition coefficient (Wildman–Crippen LogP) is 2.74. The summed E-state index contributed by atoms with van der Waals surface area (Å²) in [4.78, 5) is 4.16. The van der Waals surface area contributed by atoms with Crippen LogP contribution in [0.4, 0.5) is 4.39 Å². The molecular formula is C15H20ClFIN5. The van der Waals surface area contributed by atoms with Gasteiger partial charge in [-0.2, -0.15) is 5.10 Å². The SMILES string of the molecule is CN=C(NCCc1ccc(F)cc1Cl)NCc1ccnn1C.I. The lowest BCUT2D eigenvalue weighted by molar-refractivity contribution is 0.627. The minimum absolute atomic E-state index is 0. The van der Waals surface area contributed by atoms with E-state index >= 15 is 0 Å². The number of aromatic nitrogens is 2. The van der Waals surface area contributed by atoms with E-state index in [1.165, 1.54) is 12.1 Å². The molecule has 0 aliphatic heterocycles. The molecule has 23 heavy (non-hydrogen) atoms. The minimum Gasteiger partial charge on any atom is -0.356 e. The number of halogens is 3. The van der Waals surface area contributed by atoms with E-state index < -0.39 is 0 Å². The molecule has 1 aromatic heterocycles. The minimum atomic E-state index is -0.324. The molecule has 2 rings (SSSR count). The summed E-state index contributed by atoms with van der Waals surface area (Å²) < 4.78 is 14.8. The summed E-state index contributed by atoms with van der Waals surface area (Å²) in [6.45, 7) is 1.28. The van der Waals surface area contributed by atoms with Crippen LogP contribution in [0.25, 0.3) is 0 Å². The Morgan fingerprint density at radius 1 is 1.35 bits per heavy atom. The molecule has 0 unspecified atom stereocenters. The second-order valence-corrected chi connectivity index (χ2v) is 5.19. The van der Waals surface area contributed by atoms with Crippen LogP contribution in [-0.4, -0.2) is 29.3 Å². The maximum absolute atomic E-state index is 13.0. The van der Waals surface area contributed by atoms with Gasteiger partial charge in [-0.15, -0.1) is 24.0 Å². The van der Waals surface area contributed by atoms with Crippen molar-refractivity contribution in [3.63, 3.8) is 0 Å². The Labute approximate surface area is 157 Å². The first-order chi connectivity index (χ1) is 10.6. The number of aryl methyl sites for hydroxylation is 1. The van der Waals surface area contributed by atoms with E-state index in [0.717, 1.165) is 11.3 Å². The summed E-state index contributed by atoms with van der Waals surface area (Å²) in [5.74, 6) is 0.370. The number of guanidine groups is 1. The second-order valence-electron chi connectivity index (χ2n) is 4.78. The van der Waals surface area contributed by atoms with Gasteiger partial charge in [0.1, 0.15) is 5.82 Å². The van der Waals surface area contributed by atoms with Crippen LogP contribution in [0.2, 0.25) is 5.02 Å². The summed E-state index contributed by atoms with van der Waals surface area (Å²) in [5, 5.41) is 11.0. The Morgan fingerprint density at radius 3 is 2.74 bits per heavy atom. The lowest BCUT2D eigenvalue weighted by Crippen LogP contribution is -2.38. The van der Waals surface area contributed by atoms with Gasteiger partial charge < -0.3 is 10.6 Å². The third kappa shape index (κ3) is 5.98. The average molecular weight is 452 g/mol. The molecule has 2 aromatic rings. The maximum atomic E-state index is 13.0. The summed E-state index contributed by atoms with van der Waals surface area (Å²) in [5.41, 5.74) is 1.96. The normalized spacial score (nSPS) is 11.0. The van der Waals surface area contributed by atoms with Crippen LogP contribution >= 0.6 is 35.6 Å². The van der Waals surface area contributed by atoms with Gasteiger partial charge >= 0.3 is 0 Å². The highest BCUT2D eigenvalue weighted by Crippen LogP contribution is 2.17. The molecule has 0 amide bonds. The fourth-order valence-electron chi connectivity index (χ4n) is 2.01. The van der Waals surface area contributed by atoms with Gasteiger partial charge in [-0.1, -0.05) is 17.7 Å². The zero-order valence-electron chi connectivity index (χ0n) is 13.0. The molecule has 0 fully saturated rings. The zero-order valence-corrected chi connectivity index (χ0v) is 16.1. The van der Waals surface area contributed by atoms with Crippen LogP contribution in [0.5, 0.6) is 0 Å². The molecule has 0 radical (unpaired) electrons. The lowest BCUT2D eigenvalue weighted by atomic mass is 10.1. The van der Waals surface area contributed by atoms with E-state index in [0.29, 0.717) is 30.5 Å². The molecular weight excluding hydrogens is 432 g/mol. The van der Waals surface area contributed by atoms with Crippen LogP contribution < -0.4 is 10.6 Å². The molecule has 1 heterocycles. The molecule has 0 bridgehead atoms. The van der Waals surface area contributed by atoms with Crippen LogP contribution in [0.3, 0.4) is 0 Å². The van der Waals surface area contributed by atoms with Gasteiger partial charge in [-0.3, -0.25) is 9.67 Å². The molecule has 0 aliphatic carbocycles. The Hall–Kier alpha value is -1.35. The molecule has 0 saturated heterocycles. The Balaban J connectivity index is 0.00000264. The Kier molecular flexibility index (Phi) is 8.32. The highest BCUT2D eigenvalue weighted by Gasteiger charge is 2.04. The standard InChI is InChI=1S/C15H19ClFN5.HI/c1-18-15(20-10-13-6-8-21-22(13)2)19-7-5-11-3-4-12(17)9-14(11)16;/h3-4,6,8-9H,5,7,10H2,1-2H3,(H2,18,19,20);1H. The third-order valence-corrected chi connectivity index (χ3v) is 3.64. The monoisotopic (exact) mass is 451 g/mol. The van der Waals surface area contributed by atoms with Gasteiger partial charge in [0.15, 0.2) is 5.96 Å². The second kappa shape index (κ2) is 9.71. The summed E-state index contributed by atoms with van der Waals surface area (Å²) in [6, 6.07) is 6.38. The van der Waals surface area contributed by atoms with Crippen molar-refractivity contribution in [1.82, 2.24) is 20.4 Å². The molecule has 8 heteroatoms. The van der Waals surface area contributed by atoms with Gasteiger partial charge in [0, 0.05) is 31.9 Å². The van der Waals surface area contributed by atoms with Crippen LogP contribution in [0.15, 0.2) is 35.5 Å². The first-order valence-electron chi connectivity index (χ1n) is 6.95. The van der Waals surface area contributed by atoms with E-state index in [4.69, 9.17) is 11.6 Å². The van der Waals surface area contributed by atoms with Crippen molar-refractivity contribution in [3.05, 3.63) is 52.6 Å². The molecule has 2 N–H and O–H groups in total. The Morgan fingerprint density at radius 2 is 2.13 bits per heavy atom. The zero-order chi connectivity index (χ0) is 15.9. The Bertz CT molecular complexity index is 659. The van der Waals surface area contributed by atoms with E-state index in [1.807, 2.05) is 13.1 Å². The number of aliphatic imine (C=N–C) groups is 1. The summed E-state index contributed by atoms with van der Waals surface area (Å²) >= 11 is 6.00. The quantitative estimate of drug-likeness (QED) is 0.418. The first kappa shape index (κ1) is 19.7. The molecule has 1 aromatic carbocycles. The van der Waals surface area contributed by atoms with Gasteiger partial charge in [0.2, 0.25) is 0 Å². The lowest BCUT2D eigenvalue weighted by Gasteiger charge is -2.12. The van der Waals surface area contributed by atoms with Crippen molar-refractivity contribution in [3.8, 4) is 0 Å². The number of hydrogen-bond acceptors (Lipinski definition) is 2. The van der Waals surface area contributed by atoms with E-state index in [-0.39, 0.29) is 29.8 Å². The van der Waals surface area contributed by atoms with Crippen molar-refractivity contribution >= 4 is 41.5 Å². The summed E-state index contributed by atoms with van der Waals surface area (Å²) in [6.07, 6.45) is 2.44. The van der Waals surface area contributed by atoms with Crippen LogP contribution in [-0.2, 0) is 20.0 Å². The highest BCUT2D eigenvalue weighted by atomic mass is 127. The van der Waals surface area contributed by atoms with E-state index in [2.05, 4.69) is 20.7 Å². The summed E-state index contributed by atoms with van der Waals surface area (Å²) in [7, 11) is 3.60.